The Bertz CT molecular complexity index is 271. The molecule has 0 radical (unpaired) electrons. The number of hydrogen-bond donors (Lipinski definition) is 1. The quantitative estimate of drug-likeness (QED) is 0.747. The zero-order chi connectivity index (χ0) is 9.68. The standard InChI is InChI=1S/C11H16OS/c1-9-5-6-10(4-3-7-12)8-11(9)13-2/h5-6,8,12H,3-4,7H2,1-2H3. The van der Waals surface area contributed by atoms with Gasteiger partial charge in [0.2, 0.25) is 0 Å². The first kappa shape index (κ1) is 10.6. The number of benzene rings is 1. The van der Waals surface area contributed by atoms with Crippen LogP contribution in [0.2, 0.25) is 0 Å². The van der Waals surface area contributed by atoms with E-state index in [0.717, 1.165) is 12.8 Å². The molecule has 0 aliphatic carbocycles. The highest BCUT2D eigenvalue weighted by atomic mass is 32.2. The van der Waals surface area contributed by atoms with Gasteiger partial charge in [-0.25, -0.2) is 0 Å². The highest BCUT2D eigenvalue weighted by molar-refractivity contribution is 7.98. The van der Waals surface area contributed by atoms with E-state index in [2.05, 4.69) is 31.4 Å². The molecule has 1 aromatic rings. The van der Waals surface area contributed by atoms with E-state index < -0.39 is 0 Å². The summed E-state index contributed by atoms with van der Waals surface area (Å²) < 4.78 is 0. The minimum absolute atomic E-state index is 0.280. The molecule has 0 aromatic heterocycles. The molecular formula is C11H16OS. The van der Waals surface area contributed by atoms with E-state index in [1.165, 1.54) is 16.0 Å². The van der Waals surface area contributed by atoms with E-state index in [1.807, 2.05) is 0 Å². The van der Waals surface area contributed by atoms with Gasteiger partial charge in [-0.05, 0) is 43.2 Å². The Hall–Kier alpha value is -0.470. The molecule has 1 aromatic carbocycles. The molecule has 0 aliphatic rings. The van der Waals surface area contributed by atoms with Crippen LogP contribution in [-0.4, -0.2) is 18.0 Å². The van der Waals surface area contributed by atoms with Crippen molar-refractivity contribution < 1.29 is 5.11 Å². The molecule has 0 fully saturated rings. The summed E-state index contributed by atoms with van der Waals surface area (Å²) in [5.74, 6) is 0. The van der Waals surface area contributed by atoms with Crippen LogP contribution >= 0.6 is 11.8 Å². The van der Waals surface area contributed by atoms with Crippen molar-refractivity contribution in [1.29, 1.82) is 0 Å². The number of thioether (sulfide) groups is 1. The Morgan fingerprint density at radius 1 is 1.38 bits per heavy atom. The number of aryl methyl sites for hydroxylation is 2. The van der Waals surface area contributed by atoms with Gasteiger partial charge in [-0.15, -0.1) is 11.8 Å². The average molecular weight is 196 g/mol. The highest BCUT2D eigenvalue weighted by Crippen LogP contribution is 2.21. The molecule has 0 saturated heterocycles. The fraction of sp³-hybridized carbons (Fsp3) is 0.455. The van der Waals surface area contributed by atoms with Crippen LogP contribution in [0.15, 0.2) is 23.1 Å². The molecule has 0 amide bonds. The molecule has 1 nitrogen and oxygen atoms in total. The SMILES string of the molecule is CSc1cc(CCCO)ccc1C. The lowest BCUT2D eigenvalue weighted by molar-refractivity contribution is 0.288. The molecule has 0 atom stereocenters. The summed E-state index contributed by atoms with van der Waals surface area (Å²) >= 11 is 1.78. The third-order valence-electron chi connectivity index (χ3n) is 2.10. The van der Waals surface area contributed by atoms with Crippen LogP contribution in [0.25, 0.3) is 0 Å². The van der Waals surface area contributed by atoms with E-state index >= 15 is 0 Å². The zero-order valence-corrected chi connectivity index (χ0v) is 9.03. The second-order valence-electron chi connectivity index (χ2n) is 3.13. The van der Waals surface area contributed by atoms with Gasteiger partial charge in [0.25, 0.3) is 0 Å². The van der Waals surface area contributed by atoms with E-state index in [9.17, 15) is 0 Å². The van der Waals surface area contributed by atoms with Gasteiger partial charge in [0.1, 0.15) is 0 Å². The monoisotopic (exact) mass is 196 g/mol. The van der Waals surface area contributed by atoms with Gasteiger partial charge in [0, 0.05) is 11.5 Å². The molecule has 1 rings (SSSR count). The molecule has 0 saturated carbocycles. The molecule has 0 bridgehead atoms. The van der Waals surface area contributed by atoms with E-state index in [0.29, 0.717) is 0 Å². The molecular weight excluding hydrogens is 180 g/mol. The third kappa shape index (κ3) is 3.05. The predicted molar refractivity (Wildman–Crippen MR) is 58.4 cm³/mol. The van der Waals surface area contributed by atoms with Crippen LogP contribution in [0.3, 0.4) is 0 Å². The van der Waals surface area contributed by atoms with Crippen molar-refractivity contribution in [3.05, 3.63) is 29.3 Å². The maximum atomic E-state index is 8.70. The van der Waals surface area contributed by atoms with Crippen molar-refractivity contribution >= 4 is 11.8 Å². The summed E-state index contributed by atoms with van der Waals surface area (Å²) in [5.41, 5.74) is 2.66. The first-order valence-electron chi connectivity index (χ1n) is 4.52. The summed E-state index contributed by atoms with van der Waals surface area (Å²) in [7, 11) is 0. The van der Waals surface area contributed by atoms with Gasteiger partial charge in [-0.2, -0.15) is 0 Å². The van der Waals surface area contributed by atoms with Crippen LogP contribution in [0, 0.1) is 6.92 Å². The minimum atomic E-state index is 0.280. The Kier molecular flexibility index (Phi) is 4.33. The number of rotatable bonds is 4. The predicted octanol–water partition coefficient (Wildman–Crippen LogP) is 2.64. The maximum absolute atomic E-state index is 8.70. The summed E-state index contributed by atoms with van der Waals surface area (Å²) in [4.78, 5) is 1.34. The van der Waals surface area contributed by atoms with Crippen molar-refractivity contribution in [2.24, 2.45) is 0 Å². The summed E-state index contributed by atoms with van der Waals surface area (Å²) in [6, 6.07) is 6.51. The van der Waals surface area contributed by atoms with Crippen LogP contribution in [-0.2, 0) is 6.42 Å². The lowest BCUT2D eigenvalue weighted by Gasteiger charge is -2.05. The Morgan fingerprint density at radius 3 is 2.77 bits per heavy atom. The fourth-order valence-electron chi connectivity index (χ4n) is 1.30. The normalized spacial score (nSPS) is 10.4. The lowest BCUT2D eigenvalue weighted by atomic mass is 10.1. The van der Waals surface area contributed by atoms with Crippen LogP contribution in [0.1, 0.15) is 17.5 Å². The lowest BCUT2D eigenvalue weighted by Crippen LogP contribution is -1.90. The van der Waals surface area contributed by atoms with E-state index in [-0.39, 0.29) is 6.61 Å². The Morgan fingerprint density at radius 2 is 2.15 bits per heavy atom. The molecule has 2 heteroatoms. The van der Waals surface area contributed by atoms with Crippen molar-refractivity contribution in [3.63, 3.8) is 0 Å². The zero-order valence-electron chi connectivity index (χ0n) is 8.21. The maximum Gasteiger partial charge on any atom is 0.0434 e. The van der Waals surface area contributed by atoms with E-state index in [1.54, 1.807) is 11.8 Å². The first-order valence-corrected chi connectivity index (χ1v) is 5.74. The molecule has 0 unspecified atom stereocenters. The van der Waals surface area contributed by atoms with Gasteiger partial charge in [0.15, 0.2) is 0 Å². The molecule has 0 heterocycles. The third-order valence-corrected chi connectivity index (χ3v) is 2.98. The van der Waals surface area contributed by atoms with Gasteiger partial charge in [-0.1, -0.05) is 12.1 Å². The molecule has 0 spiro atoms. The summed E-state index contributed by atoms with van der Waals surface area (Å²) in [6.07, 6.45) is 3.93. The number of aliphatic hydroxyl groups excluding tert-OH is 1. The van der Waals surface area contributed by atoms with Crippen LogP contribution in [0.4, 0.5) is 0 Å². The van der Waals surface area contributed by atoms with Gasteiger partial charge < -0.3 is 5.11 Å². The molecule has 72 valence electrons. The molecule has 1 N–H and O–H groups in total. The smallest absolute Gasteiger partial charge is 0.0434 e. The van der Waals surface area contributed by atoms with Crippen molar-refractivity contribution in [3.8, 4) is 0 Å². The summed E-state index contributed by atoms with van der Waals surface area (Å²) in [6.45, 7) is 2.41. The Labute approximate surface area is 84.2 Å². The molecule has 13 heavy (non-hydrogen) atoms. The van der Waals surface area contributed by atoms with Crippen molar-refractivity contribution in [2.45, 2.75) is 24.7 Å². The second-order valence-corrected chi connectivity index (χ2v) is 3.98. The number of hydrogen-bond acceptors (Lipinski definition) is 2. The Balaban J connectivity index is 2.74. The topological polar surface area (TPSA) is 20.2 Å². The second kappa shape index (κ2) is 5.30. The summed E-state index contributed by atoms with van der Waals surface area (Å²) in [5, 5.41) is 8.70. The first-order chi connectivity index (χ1) is 6.27. The minimum Gasteiger partial charge on any atom is -0.396 e. The van der Waals surface area contributed by atoms with Gasteiger partial charge >= 0.3 is 0 Å². The van der Waals surface area contributed by atoms with Crippen LogP contribution < -0.4 is 0 Å². The highest BCUT2D eigenvalue weighted by Gasteiger charge is 1.98. The largest absolute Gasteiger partial charge is 0.396 e. The van der Waals surface area contributed by atoms with Crippen molar-refractivity contribution in [1.82, 2.24) is 0 Å². The van der Waals surface area contributed by atoms with E-state index in [4.69, 9.17) is 5.11 Å². The number of aliphatic hydroxyl groups is 1. The van der Waals surface area contributed by atoms with Gasteiger partial charge in [0.05, 0.1) is 0 Å². The molecule has 0 aliphatic heterocycles. The fourth-order valence-corrected chi connectivity index (χ4v) is 1.96. The average Bonchev–Trinajstić information content (AvgIpc) is 2.16. The van der Waals surface area contributed by atoms with Gasteiger partial charge in [-0.3, -0.25) is 0 Å². The van der Waals surface area contributed by atoms with Crippen molar-refractivity contribution in [2.75, 3.05) is 12.9 Å². The van der Waals surface area contributed by atoms with Crippen LogP contribution in [0.5, 0.6) is 0 Å².